The van der Waals surface area contributed by atoms with E-state index < -0.39 is 0 Å². The van der Waals surface area contributed by atoms with Crippen molar-refractivity contribution < 1.29 is 14.3 Å². The lowest BCUT2D eigenvalue weighted by Crippen LogP contribution is -2.25. The number of hydrogen-bond acceptors (Lipinski definition) is 3. The highest BCUT2D eigenvalue weighted by molar-refractivity contribution is 5.99. The largest absolute Gasteiger partial charge is 0.454 e. The molecule has 2 rings (SSSR count). The standard InChI is InChI=1S/C21H21NO3/c1-5-7-9-15(3)16(4)18(8-6-2)21(23)22-13-17-10-11-19-20(12-17)25-14-24-19/h5-12H,1-4,13-14H2,(H,22,23)/b9-7-,18-8+. The SMILES string of the molecule is C=C/C=C\C(=C)C(=C)/C(=C\C=C)C(=O)NCc1ccc2c(c1)OCO2. The second-order valence-electron chi connectivity index (χ2n) is 5.28. The van der Waals surface area contributed by atoms with Crippen molar-refractivity contribution in [1.82, 2.24) is 5.32 Å². The lowest BCUT2D eigenvalue weighted by Gasteiger charge is -2.12. The van der Waals surface area contributed by atoms with Crippen molar-refractivity contribution >= 4 is 5.91 Å². The average molecular weight is 335 g/mol. The first-order chi connectivity index (χ1) is 12.1. The molecule has 0 saturated heterocycles. The van der Waals surface area contributed by atoms with Gasteiger partial charge in [-0.2, -0.15) is 0 Å². The molecule has 4 nitrogen and oxygen atoms in total. The summed E-state index contributed by atoms with van der Waals surface area (Å²) in [6.45, 7) is 15.7. The molecule has 1 heterocycles. The van der Waals surface area contributed by atoms with Crippen molar-refractivity contribution in [2.75, 3.05) is 6.79 Å². The molecule has 1 amide bonds. The summed E-state index contributed by atoms with van der Waals surface area (Å²) in [6.07, 6.45) is 8.28. The van der Waals surface area contributed by atoms with E-state index in [0.29, 0.717) is 34.8 Å². The van der Waals surface area contributed by atoms with Gasteiger partial charge in [-0.05, 0) is 34.9 Å². The Balaban J connectivity index is 2.05. The van der Waals surface area contributed by atoms with Crippen molar-refractivity contribution in [3.05, 3.63) is 97.2 Å². The molecule has 0 unspecified atom stereocenters. The van der Waals surface area contributed by atoms with Gasteiger partial charge in [0.15, 0.2) is 11.5 Å². The van der Waals surface area contributed by atoms with Gasteiger partial charge in [-0.25, -0.2) is 0 Å². The zero-order chi connectivity index (χ0) is 18.2. The number of carbonyl (C=O) groups is 1. The summed E-state index contributed by atoms with van der Waals surface area (Å²) in [5, 5.41) is 2.87. The number of fused-ring (bicyclic) bond motifs is 1. The Labute approximate surface area is 148 Å². The maximum Gasteiger partial charge on any atom is 0.252 e. The van der Waals surface area contributed by atoms with Crippen LogP contribution < -0.4 is 14.8 Å². The molecule has 0 spiro atoms. The van der Waals surface area contributed by atoms with E-state index in [1.165, 1.54) is 0 Å². The predicted molar refractivity (Wildman–Crippen MR) is 100 cm³/mol. The molecule has 1 aromatic rings. The van der Waals surface area contributed by atoms with Crippen LogP contribution in [0.2, 0.25) is 0 Å². The van der Waals surface area contributed by atoms with Gasteiger partial charge in [0.1, 0.15) is 0 Å². The fraction of sp³-hybridized carbons (Fsp3) is 0.0952. The van der Waals surface area contributed by atoms with Crippen molar-refractivity contribution in [1.29, 1.82) is 0 Å². The first-order valence-corrected chi connectivity index (χ1v) is 7.74. The zero-order valence-electron chi connectivity index (χ0n) is 14.1. The van der Waals surface area contributed by atoms with E-state index in [0.717, 1.165) is 5.56 Å². The topological polar surface area (TPSA) is 47.6 Å². The van der Waals surface area contributed by atoms with Crippen LogP contribution in [-0.4, -0.2) is 12.7 Å². The number of hydrogen-bond donors (Lipinski definition) is 1. The molecule has 0 bridgehead atoms. The molecule has 0 atom stereocenters. The maximum atomic E-state index is 12.5. The third-order valence-corrected chi connectivity index (χ3v) is 3.57. The molecule has 128 valence electrons. The Hall–Kier alpha value is -3.27. The minimum atomic E-state index is -0.254. The van der Waals surface area contributed by atoms with Crippen LogP contribution in [0.5, 0.6) is 11.5 Å². The number of rotatable bonds is 8. The van der Waals surface area contributed by atoms with Crippen LogP contribution in [0.3, 0.4) is 0 Å². The molecule has 1 aromatic carbocycles. The van der Waals surface area contributed by atoms with Gasteiger partial charge in [0.25, 0.3) is 5.91 Å². The first kappa shape index (κ1) is 18.1. The molecular weight excluding hydrogens is 314 g/mol. The van der Waals surface area contributed by atoms with Gasteiger partial charge in [0.2, 0.25) is 6.79 Å². The van der Waals surface area contributed by atoms with E-state index in [-0.39, 0.29) is 12.7 Å². The lowest BCUT2D eigenvalue weighted by molar-refractivity contribution is -0.117. The minimum absolute atomic E-state index is 0.220. The normalized spacial score (nSPS) is 12.7. The Kier molecular flexibility index (Phi) is 6.18. The van der Waals surface area contributed by atoms with Crippen molar-refractivity contribution in [3.8, 4) is 11.5 Å². The van der Waals surface area contributed by atoms with Gasteiger partial charge in [-0.1, -0.05) is 56.7 Å². The van der Waals surface area contributed by atoms with Crippen LogP contribution in [0.4, 0.5) is 0 Å². The summed E-state index contributed by atoms with van der Waals surface area (Å²) in [5.74, 6) is 1.14. The van der Waals surface area contributed by atoms with Gasteiger partial charge in [-0.15, -0.1) is 0 Å². The summed E-state index contributed by atoms with van der Waals surface area (Å²) in [5.41, 5.74) is 2.48. The molecule has 0 radical (unpaired) electrons. The molecule has 0 saturated carbocycles. The summed E-state index contributed by atoms with van der Waals surface area (Å²) in [6, 6.07) is 5.55. The molecule has 1 aliphatic heterocycles. The molecule has 0 aromatic heterocycles. The third-order valence-electron chi connectivity index (χ3n) is 3.57. The van der Waals surface area contributed by atoms with Crippen LogP contribution in [0, 0.1) is 0 Å². The second kappa shape index (κ2) is 8.55. The smallest absolute Gasteiger partial charge is 0.252 e. The van der Waals surface area contributed by atoms with E-state index in [4.69, 9.17) is 9.47 Å². The molecular formula is C21H21NO3. The van der Waals surface area contributed by atoms with Crippen molar-refractivity contribution in [2.24, 2.45) is 0 Å². The molecule has 1 N–H and O–H groups in total. The predicted octanol–water partition coefficient (Wildman–Crippen LogP) is 4.00. The van der Waals surface area contributed by atoms with Crippen LogP contribution in [-0.2, 0) is 11.3 Å². The van der Waals surface area contributed by atoms with Gasteiger partial charge >= 0.3 is 0 Å². The number of ether oxygens (including phenoxy) is 2. The van der Waals surface area contributed by atoms with Crippen LogP contribution in [0.15, 0.2) is 91.6 Å². The number of amides is 1. The molecule has 4 heteroatoms. The highest BCUT2D eigenvalue weighted by Gasteiger charge is 2.16. The Morgan fingerprint density at radius 3 is 2.64 bits per heavy atom. The molecule has 1 aliphatic rings. The van der Waals surface area contributed by atoms with Gasteiger partial charge in [0, 0.05) is 12.1 Å². The van der Waals surface area contributed by atoms with Gasteiger partial charge in [0.05, 0.1) is 0 Å². The van der Waals surface area contributed by atoms with Crippen molar-refractivity contribution in [2.45, 2.75) is 6.54 Å². The van der Waals surface area contributed by atoms with Crippen LogP contribution in [0.1, 0.15) is 5.56 Å². The van der Waals surface area contributed by atoms with E-state index in [1.54, 1.807) is 30.4 Å². The monoisotopic (exact) mass is 335 g/mol. The molecule has 0 fully saturated rings. The Morgan fingerprint density at radius 1 is 1.16 bits per heavy atom. The maximum absolute atomic E-state index is 12.5. The molecule has 0 aliphatic carbocycles. The number of benzene rings is 1. The highest BCUT2D eigenvalue weighted by atomic mass is 16.7. The van der Waals surface area contributed by atoms with Gasteiger partial charge in [-0.3, -0.25) is 4.79 Å². The van der Waals surface area contributed by atoms with Crippen LogP contribution >= 0.6 is 0 Å². The summed E-state index contributed by atoms with van der Waals surface area (Å²) in [4.78, 5) is 12.5. The minimum Gasteiger partial charge on any atom is -0.454 e. The number of nitrogens with one attached hydrogen (secondary N) is 1. The Morgan fingerprint density at radius 2 is 1.92 bits per heavy atom. The summed E-state index contributed by atoms with van der Waals surface area (Å²) < 4.78 is 10.6. The first-order valence-electron chi connectivity index (χ1n) is 7.74. The van der Waals surface area contributed by atoms with Gasteiger partial charge < -0.3 is 14.8 Å². The quantitative estimate of drug-likeness (QED) is 0.577. The second-order valence-corrected chi connectivity index (χ2v) is 5.28. The lowest BCUT2D eigenvalue weighted by atomic mass is 9.99. The fourth-order valence-corrected chi connectivity index (χ4v) is 2.22. The highest BCUT2D eigenvalue weighted by Crippen LogP contribution is 2.32. The van der Waals surface area contributed by atoms with E-state index >= 15 is 0 Å². The average Bonchev–Trinajstić information content (AvgIpc) is 3.09. The van der Waals surface area contributed by atoms with E-state index in [9.17, 15) is 4.79 Å². The third kappa shape index (κ3) is 4.61. The fourth-order valence-electron chi connectivity index (χ4n) is 2.22. The summed E-state index contributed by atoms with van der Waals surface area (Å²) >= 11 is 0. The van der Waals surface area contributed by atoms with E-state index in [2.05, 4.69) is 31.6 Å². The zero-order valence-corrected chi connectivity index (χ0v) is 14.1. The van der Waals surface area contributed by atoms with Crippen molar-refractivity contribution in [3.63, 3.8) is 0 Å². The number of carbonyl (C=O) groups excluding carboxylic acids is 1. The summed E-state index contributed by atoms with van der Waals surface area (Å²) in [7, 11) is 0. The van der Waals surface area contributed by atoms with E-state index in [1.807, 2.05) is 18.2 Å². The van der Waals surface area contributed by atoms with Crippen LogP contribution in [0.25, 0.3) is 0 Å². The number of allylic oxidation sites excluding steroid dienone is 6. The molecule has 25 heavy (non-hydrogen) atoms. The Bertz CT molecular complexity index is 784.